The van der Waals surface area contributed by atoms with E-state index in [1.165, 1.54) is 25.3 Å². The summed E-state index contributed by atoms with van der Waals surface area (Å²) in [7, 11) is 1.30. The first kappa shape index (κ1) is 19.6. The first-order chi connectivity index (χ1) is 13.5. The first-order valence-corrected chi connectivity index (χ1v) is 8.54. The summed E-state index contributed by atoms with van der Waals surface area (Å²) in [6.45, 7) is -2.58. The zero-order valence-corrected chi connectivity index (χ0v) is 15.5. The highest BCUT2D eigenvalue weighted by Gasteiger charge is 2.15. The van der Waals surface area contributed by atoms with Gasteiger partial charge in [-0.15, -0.1) is 0 Å². The molecule has 0 aliphatic rings. The molecule has 1 aromatic heterocycles. The quantitative estimate of drug-likeness (QED) is 0.628. The Hall–Kier alpha value is -3.13. The zero-order chi connectivity index (χ0) is 20.1. The van der Waals surface area contributed by atoms with E-state index < -0.39 is 12.5 Å². The van der Waals surface area contributed by atoms with E-state index in [-0.39, 0.29) is 17.1 Å². The van der Waals surface area contributed by atoms with Crippen molar-refractivity contribution in [2.45, 2.75) is 13.2 Å². The number of aromatic nitrogens is 2. The minimum absolute atomic E-state index is 0.0281. The number of nitrogens with zero attached hydrogens (tertiary/aromatic N) is 2. The van der Waals surface area contributed by atoms with Gasteiger partial charge in [-0.05, 0) is 35.9 Å². The van der Waals surface area contributed by atoms with Crippen LogP contribution in [0.25, 0.3) is 0 Å². The fourth-order valence-electron chi connectivity index (χ4n) is 2.56. The molecule has 0 radical (unpaired) electrons. The van der Waals surface area contributed by atoms with Gasteiger partial charge in [0.15, 0.2) is 11.5 Å². The van der Waals surface area contributed by atoms with Gasteiger partial charge in [0.25, 0.3) is 5.91 Å². The van der Waals surface area contributed by atoms with Gasteiger partial charge < -0.3 is 14.8 Å². The van der Waals surface area contributed by atoms with E-state index >= 15 is 0 Å². The van der Waals surface area contributed by atoms with Crippen LogP contribution in [0.15, 0.2) is 54.7 Å². The molecule has 0 fully saturated rings. The number of hydrogen-bond donors (Lipinski definition) is 1. The maximum atomic E-state index is 12.6. The molecule has 9 heteroatoms. The van der Waals surface area contributed by atoms with E-state index in [9.17, 15) is 13.6 Å². The van der Waals surface area contributed by atoms with E-state index in [2.05, 4.69) is 15.2 Å². The molecule has 3 rings (SSSR count). The minimum atomic E-state index is -2.99. The summed E-state index contributed by atoms with van der Waals surface area (Å²) in [6.07, 6.45) is 1.56. The molecule has 6 nitrogen and oxygen atoms in total. The van der Waals surface area contributed by atoms with Crippen LogP contribution in [0, 0.1) is 0 Å². The molecule has 1 heterocycles. The van der Waals surface area contributed by atoms with Gasteiger partial charge in [0.2, 0.25) is 0 Å². The summed E-state index contributed by atoms with van der Waals surface area (Å²) >= 11 is 5.99. The van der Waals surface area contributed by atoms with Crippen molar-refractivity contribution in [1.29, 1.82) is 0 Å². The number of carbonyl (C=O) groups is 1. The van der Waals surface area contributed by atoms with Gasteiger partial charge in [0.05, 0.1) is 19.9 Å². The van der Waals surface area contributed by atoms with Crippen molar-refractivity contribution in [2.24, 2.45) is 0 Å². The average molecular weight is 408 g/mol. The van der Waals surface area contributed by atoms with Crippen LogP contribution in [0.1, 0.15) is 15.9 Å². The van der Waals surface area contributed by atoms with Crippen LogP contribution >= 0.6 is 11.6 Å². The number of hydrogen-bond acceptors (Lipinski definition) is 4. The van der Waals surface area contributed by atoms with Crippen molar-refractivity contribution in [1.82, 2.24) is 9.78 Å². The fraction of sp³-hybridized carbons (Fsp3) is 0.158. The molecule has 0 aliphatic heterocycles. The number of alkyl halides is 2. The van der Waals surface area contributed by atoms with Gasteiger partial charge in [0.1, 0.15) is 5.82 Å². The fourth-order valence-corrected chi connectivity index (χ4v) is 2.78. The molecule has 0 bridgehead atoms. The largest absolute Gasteiger partial charge is 0.493 e. The number of amides is 1. The maximum absolute atomic E-state index is 12.6. The standard InChI is InChI=1S/C19H16ClF2N3O3/c1-27-16-10-13(5-6-15(16)28-19(21)22)18(26)24-17-7-8-23-25(17)11-12-3-2-4-14(20)9-12/h2-10,19H,11H2,1H3,(H,24,26). The molecule has 1 N–H and O–H groups in total. The Morgan fingerprint density at radius 2 is 2.04 bits per heavy atom. The molecule has 146 valence electrons. The Balaban J connectivity index is 1.76. The van der Waals surface area contributed by atoms with Gasteiger partial charge in [0, 0.05) is 16.7 Å². The zero-order valence-electron chi connectivity index (χ0n) is 14.7. The first-order valence-electron chi connectivity index (χ1n) is 8.16. The number of halogens is 3. The molecule has 2 aromatic carbocycles. The second-order valence-electron chi connectivity index (χ2n) is 5.70. The van der Waals surface area contributed by atoms with Crippen LogP contribution in [0.3, 0.4) is 0 Å². The maximum Gasteiger partial charge on any atom is 0.387 e. The lowest BCUT2D eigenvalue weighted by atomic mass is 10.2. The van der Waals surface area contributed by atoms with Crippen molar-refractivity contribution >= 4 is 23.3 Å². The van der Waals surface area contributed by atoms with E-state index in [0.29, 0.717) is 17.4 Å². The topological polar surface area (TPSA) is 65.4 Å². The van der Waals surface area contributed by atoms with Crippen molar-refractivity contribution in [3.63, 3.8) is 0 Å². The van der Waals surface area contributed by atoms with E-state index in [0.717, 1.165) is 5.56 Å². The van der Waals surface area contributed by atoms with Crippen molar-refractivity contribution in [2.75, 3.05) is 12.4 Å². The molecular formula is C19H16ClF2N3O3. The Morgan fingerprint density at radius 3 is 2.75 bits per heavy atom. The minimum Gasteiger partial charge on any atom is -0.493 e. The van der Waals surface area contributed by atoms with Crippen LogP contribution in [0.5, 0.6) is 11.5 Å². The van der Waals surface area contributed by atoms with Crippen molar-refractivity contribution in [3.8, 4) is 11.5 Å². The predicted molar refractivity (Wildman–Crippen MR) is 100 cm³/mol. The van der Waals surface area contributed by atoms with Gasteiger partial charge in [-0.25, -0.2) is 4.68 Å². The molecule has 0 saturated heterocycles. The number of ether oxygens (including phenoxy) is 2. The molecule has 0 saturated carbocycles. The molecular weight excluding hydrogens is 392 g/mol. The van der Waals surface area contributed by atoms with Crippen LogP contribution in [-0.2, 0) is 6.54 Å². The lowest BCUT2D eigenvalue weighted by molar-refractivity contribution is -0.0512. The summed E-state index contributed by atoms with van der Waals surface area (Å²) in [5.41, 5.74) is 1.14. The third-order valence-electron chi connectivity index (χ3n) is 3.82. The number of methoxy groups -OCH3 is 1. The smallest absolute Gasteiger partial charge is 0.387 e. The third kappa shape index (κ3) is 4.77. The monoisotopic (exact) mass is 407 g/mol. The summed E-state index contributed by atoms with van der Waals surface area (Å²) in [5, 5.41) is 7.54. The van der Waals surface area contributed by atoms with Crippen LogP contribution in [0.4, 0.5) is 14.6 Å². The number of anilines is 1. The Bertz CT molecular complexity index is 979. The van der Waals surface area contributed by atoms with Crippen LogP contribution < -0.4 is 14.8 Å². The SMILES string of the molecule is COc1cc(C(=O)Nc2ccnn2Cc2cccc(Cl)c2)ccc1OC(F)F. The lowest BCUT2D eigenvalue weighted by Crippen LogP contribution is -2.16. The number of nitrogens with one attached hydrogen (secondary N) is 1. The summed E-state index contributed by atoms with van der Waals surface area (Å²) < 4.78 is 35.8. The highest BCUT2D eigenvalue weighted by molar-refractivity contribution is 6.30. The lowest BCUT2D eigenvalue weighted by Gasteiger charge is -2.12. The van der Waals surface area contributed by atoms with Gasteiger partial charge in [-0.1, -0.05) is 23.7 Å². The van der Waals surface area contributed by atoms with Gasteiger partial charge in [-0.2, -0.15) is 13.9 Å². The van der Waals surface area contributed by atoms with Gasteiger partial charge >= 0.3 is 6.61 Å². The van der Waals surface area contributed by atoms with E-state index in [1.54, 1.807) is 29.1 Å². The molecule has 28 heavy (non-hydrogen) atoms. The second kappa shape index (κ2) is 8.71. The highest BCUT2D eigenvalue weighted by atomic mass is 35.5. The van der Waals surface area contributed by atoms with E-state index in [4.69, 9.17) is 16.3 Å². The molecule has 0 spiro atoms. The Labute approximate surface area is 164 Å². The molecule has 0 aliphatic carbocycles. The number of carbonyl (C=O) groups excluding carboxylic acids is 1. The average Bonchev–Trinajstić information content (AvgIpc) is 3.08. The molecule has 0 atom stereocenters. The summed E-state index contributed by atoms with van der Waals surface area (Å²) in [5.74, 6) is -0.105. The van der Waals surface area contributed by atoms with Crippen molar-refractivity contribution in [3.05, 3.63) is 70.9 Å². The van der Waals surface area contributed by atoms with Crippen molar-refractivity contribution < 1.29 is 23.0 Å². The molecule has 1 amide bonds. The normalized spacial score (nSPS) is 10.8. The Morgan fingerprint density at radius 1 is 1.21 bits per heavy atom. The van der Waals surface area contributed by atoms with Gasteiger partial charge in [-0.3, -0.25) is 4.79 Å². The molecule has 3 aromatic rings. The van der Waals surface area contributed by atoms with Crippen LogP contribution in [0.2, 0.25) is 5.02 Å². The summed E-state index contributed by atoms with van der Waals surface area (Å²) in [4.78, 5) is 12.6. The third-order valence-corrected chi connectivity index (χ3v) is 4.06. The highest BCUT2D eigenvalue weighted by Crippen LogP contribution is 2.29. The van der Waals surface area contributed by atoms with E-state index in [1.807, 2.05) is 12.1 Å². The molecule has 0 unspecified atom stereocenters. The Kier molecular flexibility index (Phi) is 6.10. The number of rotatable bonds is 7. The predicted octanol–water partition coefficient (Wildman–Crippen LogP) is 4.45. The summed E-state index contributed by atoms with van der Waals surface area (Å²) in [6, 6.07) is 12.9. The number of benzene rings is 2. The second-order valence-corrected chi connectivity index (χ2v) is 6.14. The van der Waals surface area contributed by atoms with Crippen LogP contribution in [-0.4, -0.2) is 29.4 Å².